The first kappa shape index (κ1) is 61.7. The molecule has 3 N–H and O–H groups in total. The number of carbonyl (C=O) groups is 6. The lowest BCUT2D eigenvalue weighted by Gasteiger charge is -2.40. The molecule has 16 heteroatoms. The lowest BCUT2D eigenvalue weighted by Crippen LogP contribution is -2.60. The topological polar surface area (TPSA) is 182 Å². The van der Waals surface area contributed by atoms with Crippen LogP contribution in [0.3, 0.4) is 0 Å². The van der Waals surface area contributed by atoms with Gasteiger partial charge in [0.05, 0.1) is 36.6 Å². The average Bonchev–Trinajstić information content (AvgIpc) is 3.79. The number of hydrogen-bond donors (Lipinski definition) is 3. The van der Waals surface area contributed by atoms with Gasteiger partial charge in [-0.05, 0) is 92.7 Å². The van der Waals surface area contributed by atoms with Gasteiger partial charge in [0.1, 0.15) is 36.2 Å². The van der Waals surface area contributed by atoms with Gasteiger partial charge in [0, 0.05) is 46.6 Å². The van der Waals surface area contributed by atoms with Gasteiger partial charge in [-0.2, -0.15) is 0 Å². The van der Waals surface area contributed by atoms with Crippen LogP contribution in [0.25, 0.3) is 11.1 Å². The molecule has 0 bridgehead atoms. The molecule has 0 saturated heterocycles. The molecule has 2 aliphatic carbocycles. The molecule has 5 amide bonds. The number of nitrogens with zero attached hydrogens (tertiary/aromatic N) is 2. The number of hydrogen-bond acceptors (Lipinski definition) is 10. The standard InChI is InChI=1S/C61H86FN5O10/c1-17-36(6)54(66(13)58(71)52(34(2)3)65-57(70)53(35(4)5)67(14)60(73)76-33-46-43-27-21-19-25-41(43)42-26-20-22-28-44(42)46)50(74-15)32-51(68)63-48(31-45-37(7)38(45)8)55(75-16)39(9)56(69)64-49(59(72)77-61(10,11)12)30-40-24-18-23-29-47(40)62/h18-29,34-36,39,45-46,48-50,52-55H,17,30-33H2,1-16H3,(H,63,68)(H,64,69)(H,65,70)/t36-,39+,48-,49-,50+,52-,53-,54-,55+/m0/s1. The lowest BCUT2D eigenvalue weighted by atomic mass is 9.89. The zero-order valence-electron chi connectivity index (χ0n) is 48.3. The number of carbonyl (C=O) groups excluding carboxylic acids is 6. The second kappa shape index (κ2) is 27.0. The Balaban J connectivity index is 1.30. The van der Waals surface area contributed by atoms with Crippen molar-refractivity contribution in [1.29, 1.82) is 0 Å². The molecule has 2 aliphatic rings. The maximum atomic E-state index is 14.9. The molecule has 0 aliphatic heterocycles. The van der Waals surface area contributed by atoms with Crippen LogP contribution in [0, 0.1) is 35.4 Å². The monoisotopic (exact) mass is 1070 g/mol. The summed E-state index contributed by atoms with van der Waals surface area (Å²) in [6.45, 7) is 22.2. The molecule has 0 fully saturated rings. The minimum atomic E-state index is -1.23. The van der Waals surface area contributed by atoms with E-state index in [2.05, 4.69) is 28.1 Å². The van der Waals surface area contributed by atoms with Gasteiger partial charge in [-0.25, -0.2) is 14.0 Å². The second-order valence-corrected chi connectivity index (χ2v) is 22.8. The van der Waals surface area contributed by atoms with Crippen LogP contribution in [0.5, 0.6) is 0 Å². The highest BCUT2D eigenvalue weighted by Gasteiger charge is 2.43. The Hall–Kier alpha value is -6.13. The first-order valence-corrected chi connectivity index (χ1v) is 27.2. The van der Waals surface area contributed by atoms with E-state index in [0.717, 1.165) is 22.3 Å². The summed E-state index contributed by atoms with van der Waals surface area (Å²) in [5.74, 6) is -5.04. The first-order valence-electron chi connectivity index (χ1n) is 27.2. The number of nitrogens with one attached hydrogen (secondary N) is 3. The number of benzene rings is 3. The van der Waals surface area contributed by atoms with Crippen LogP contribution in [-0.4, -0.2) is 128 Å². The predicted octanol–water partition coefficient (Wildman–Crippen LogP) is 9.01. The third-order valence-corrected chi connectivity index (χ3v) is 15.6. The second-order valence-electron chi connectivity index (χ2n) is 22.8. The molecule has 0 unspecified atom stereocenters. The average molecular weight is 1070 g/mol. The van der Waals surface area contributed by atoms with Crippen molar-refractivity contribution in [3.63, 3.8) is 0 Å². The highest BCUT2D eigenvalue weighted by Crippen LogP contribution is 2.45. The van der Waals surface area contributed by atoms with Crippen LogP contribution >= 0.6 is 0 Å². The van der Waals surface area contributed by atoms with E-state index in [9.17, 15) is 33.2 Å². The summed E-state index contributed by atoms with van der Waals surface area (Å²) in [7, 11) is 6.14. The van der Waals surface area contributed by atoms with Gasteiger partial charge in [-0.1, -0.05) is 133 Å². The summed E-state index contributed by atoms with van der Waals surface area (Å²) in [4.78, 5) is 88.1. The fourth-order valence-electron chi connectivity index (χ4n) is 10.9. The normalized spacial score (nSPS) is 16.9. The van der Waals surface area contributed by atoms with E-state index < -0.39 is 95.4 Å². The van der Waals surface area contributed by atoms with Crippen molar-refractivity contribution in [2.24, 2.45) is 29.6 Å². The number of likely N-dealkylation sites (N-methyl/N-ethyl adjacent to an activating group) is 2. The molecule has 0 saturated carbocycles. The Labute approximate surface area is 456 Å². The predicted molar refractivity (Wildman–Crippen MR) is 296 cm³/mol. The summed E-state index contributed by atoms with van der Waals surface area (Å²) in [5, 5.41) is 8.96. The number of fused-ring (bicyclic) bond motifs is 3. The van der Waals surface area contributed by atoms with Crippen molar-refractivity contribution in [1.82, 2.24) is 25.8 Å². The Morgan fingerprint density at radius 3 is 1.79 bits per heavy atom. The fourth-order valence-corrected chi connectivity index (χ4v) is 10.9. The fraction of sp³-hybridized carbons (Fsp3) is 0.574. The summed E-state index contributed by atoms with van der Waals surface area (Å²) in [6, 6.07) is 17.6. The molecular weight excluding hydrogens is 982 g/mol. The minimum Gasteiger partial charge on any atom is -0.458 e. The van der Waals surface area contributed by atoms with Crippen molar-refractivity contribution in [2.75, 3.05) is 34.9 Å². The number of allylic oxidation sites excluding steroid dienone is 2. The van der Waals surface area contributed by atoms with E-state index in [1.807, 2.05) is 91.8 Å². The van der Waals surface area contributed by atoms with Gasteiger partial charge >= 0.3 is 12.1 Å². The quantitative estimate of drug-likeness (QED) is 0.0519. The Kier molecular flexibility index (Phi) is 21.6. The van der Waals surface area contributed by atoms with Gasteiger partial charge < -0.3 is 39.8 Å². The zero-order chi connectivity index (χ0) is 57.2. The molecule has 9 atom stereocenters. The number of rotatable bonds is 26. The van der Waals surface area contributed by atoms with Crippen molar-refractivity contribution < 1.29 is 52.1 Å². The maximum absolute atomic E-state index is 14.9. The maximum Gasteiger partial charge on any atom is 0.410 e. The number of methoxy groups -OCH3 is 2. The Bertz CT molecular complexity index is 2540. The summed E-state index contributed by atoms with van der Waals surface area (Å²) in [6.07, 6.45) is -1.63. The SMILES string of the molecule is CC[C@H](C)[C@@H]([C@@H](CC(=O)N[C@@H](CC1C(C)=C1C)[C@H](OC)[C@@H](C)C(=O)N[C@@H](Cc1ccccc1F)C(=O)OC(C)(C)C)OC)N(C)C(=O)[C@@H](NC(=O)[C@H](C(C)C)N(C)C(=O)OCC1c2ccccc2-c2ccccc21)C(C)C. The van der Waals surface area contributed by atoms with E-state index in [0.29, 0.717) is 12.8 Å². The van der Waals surface area contributed by atoms with Crippen molar-refractivity contribution in [2.45, 2.75) is 163 Å². The molecule has 5 rings (SSSR count). The molecule has 0 spiro atoms. The molecule has 77 heavy (non-hydrogen) atoms. The molecule has 15 nitrogen and oxygen atoms in total. The van der Waals surface area contributed by atoms with E-state index in [-0.39, 0.29) is 54.6 Å². The van der Waals surface area contributed by atoms with Crippen LogP contribution in [0.2, 0.25) is 0 Å². The molecule has 3 aromatic carbocycles. The molecule has 422 valence electrons. The van der Waals surface area contributed by atoms with Crippen LogP contribution < -0.4 is 16.0 Å². The number of halogens is 1. The van der Waals surface area contributed by atoms with E-state index in [1.165, 1.54) is 43.4 Å². The highest BCUT2D eigenvalue weighted by atomic mass is 19.1. The highest BCUT2D eigenvalue weighted by molar-refractivity contribution is 5.92. The van der Waals surface area contributed by atoms with E-state index in [4.69, 9.17) is 18.9 Å². The summed E-state index contributed by atoms with van der Waals surface area (Å²) < 4.78 is 38.6. The first-order chi connectivity index (χ1) is 36.3. The molecule has 0 aromatic heterocycles. The van der Waals surface area contributed by atoms with Crippen LogP contribution in [0.1, 0.15) is 125 Å². The number of ether oxygens (including phenoxy) is 4. The zero-order valence-corrected chi connectivity index (χ0v) is 48.3. The van der Waals surface area contributed by atoms with Gasteiger partial charge in [-0.3, -0.25) is 24.1 Å². The third-order valence-electron chi connectivity index (χ3n) is 15.6. The molecular formula is C61H86FN5O10. The van der Waals surface area contributed by atoms with E-state index in [1.54, 1.807) is 57.8 Å². The molecule has 0 radical (unpaired) electrons. The largest absolute Gasteiger partial charge is 0.458 e. The van der Waals surface area contributed by atoms with Gasteiger partial charge in [0.25, 0.3) is 0 Å². The number of esters is 1. The number of amides is 5. The lowest BCUT2D eigenvalue weighted by molar-refractivity contribution is -0.159. The van der Waals surface area contributed by atoms with Crippen LogP contribution in [-0.2, 0) is 49.3 Å². The van der Waals surface area contributed by atoms with E-state index >= 15 is 0 Å². The van der Waals surface area contributed by atoms with Crippen LogP contribution in [0.15, 0.2) is 83.9 Å². The van der Waals surface area contributed by atoms with Crippen molar-refractivity contribution in [3.05, 3.63) is 106 Å². The van der Waals surface area contributed by atoms with Gasteiger partial charge in [0.2, 0.25) is 23.6 Å². The van der Waals surface area contributed by atoms with Gasteiger partial charge in [-0.15, -0.1) is 0 Å². The summed E-state index contributed by atoms with van der Waals surface area (Å²) >= 11 is 0. The summed E-state index contributed by atoms with van der Waals surface area (Å²) in [5.41, 5.74) is 6.02. The molecule has 0 heterocycles. The van der Waals surface area contributed by atoms with Gasteiger partial charge in [0.15, 0.2) is 0 Å². The molecule has 3 aromatic rings. The van der Waals surface area contributed by atoms with Crippen LogP contribution in [0.4, 0.5) is 9.18 Å². The van der Waals surface area contributed by atoms with Crippen molar-refractivity contribution >= 4 is 35.7 Å². The Morgan fingerprint density at radius 2 is 1.29 bits per heavy atom. The Morgan fingerprint density at radius 1 is 0.714 bits per heavy atom. The third kappa shape index (κ3) is 15.3. The minimum absolute atomic E-state index is 0.0655. The van der Waals surface area contributed by atoms with Crippen molar-refractivity contribution in [3.8, 4) is 11.1 Å². The smallest absolute Gasteiger partial charge is 0.410 e.